The van der Waals surface area contributed by atoms with Crippen LogP contribution in [-0.2, 0) is 0 Å². The van der Waals surface area contributed by atoms with Crippen LogP contribution in [0.2, 0.25) is 0 Å². The van der Waals surface area contributed by atoms with E-state index in [0.717, 1.165) is 17.6 Å². The molecule has 1 aromatic heterocycles. The minimum Gasteiger partial charge on any atom is -0.484 e. The predicted molar refractivity (Wildman–Crippen MR) is 90.7 cm³/mol. The summed E-state index contributed by atoms with van der Waals surface area (Å²) in [4.78, 5) is 1.18. The van der Waals surface area contributed by atoms with Gasteiger partial charge in [-0.25, -0.2) is 0 Å². The number of hydroxylamine groups is 2. The third kappa shape index (κ3) is 3.47. The Morgan fingerprint density at radius 2 is 1.91 bits per heavy atom. The molecule has 114 valence electrons. The summed E-state index contributed by atoms with van der Waals surface area (Å²) >= 11 is 1.68. The molecule has 22 heavy (non-hydrogen) atoms. The molecule has 1 heterocycles. The summed E-state index contributed by atoms with van der Waals surface area (Å²) in [5, 5.41) is 15.0. The maximum absolute atomic E-state index is 9.42. The first-order valence-electron chi connectivity index (χ1n) is 7.32. The highest BCUT2D eigenvalue weighted by Crippen LogP contribution is 2.32. The molecule has 0 saturated heterocycles. The van der Waals surface area contributed by atoms with Crippen LogP contribution >= 0.6 is 11.3 Å². The Morgan fingerprint density at radius 1 is 1.09 bits per heavy atom. The van der Waals surface area contributed by atoms with Gasteiger partial charge < -0.3 is 9.94 Å². The number of benzene rings is 2. The van der Waals surface area contributed by atoms with Crippen LogP contribution in [0.25, 0.3) is 10.8 Å². The smallest absolute Gasteiger partial charge is 0.134 e. The van der Waals surface area contributed by atoms with E-state index < -0.39 is 0 Å². The largest absolute Gasteiger partial charge is 0.484 e. The summed E-state index contributed by atoms with van der Waals surface area (Å²) < 4.78 is 6.30. The zero-order valence-corrected chi connectivity index (χ0v) is 13.3. The molecule has 2 aromatic carbocycles. The summed E-state index contributed by atoms with van der Waals surface area (Å²) in [5.41, 5.74) is 0. The Kier molecular flexibility index (Phi) is 4.73. The molecular weight excluding hydrogens is 294 g/mol. The molecule has 0 spiro atoms. The van der Waals surface area contributed by atoms with Crippen molar-refractivity contribution in [2.75, 3.05) is 13.6 Å². The first-order valence-corrected chi connectivity index (χ1v) is 8.20. The van der Waals surface area contributed by atoms with E-state index in [0.29, 0.717) is 6.54 Å². The van der Waals surface area contributed by atoms with Crippen molar-refractivity contribution in [1.82, 2.24) is 5.06 Å². The van der Waals surface area contributed by atoms with Gasteiger partial charge >= 0.3 is 0 Å². The SMILES string of the molecule is CN(O)CC[C@H](Oc1cccc2ccccc12)c1cccs1. The molecule has 3 nitrogen and oxygen atoms in total. The van der Waals surface area contributed by atoms with E-state index in [9.17, 15) is 5.21 Å². The van der Waals surface area contributed by atoms with Crippen LogP contribution in [0.4, 0.5) is 0 Å². The third-order valence-corrected chi connectivity index (χ3v) is 4.56. The van der Waals surface area contributed by atoms with Crippen LogP contribution < -0.4 is 4.74 Å². The van der Waals surface area contributed by atoms with E-state index >= 15 is 0 Å². The summed E-state index contributed by atoms with van der Waals surface area (Å²) in [6, 6.07) is 18.4. The Balaban J connectivity index is 1.88. The standard InChI is InChI=1S/C18H19NO2S/c1-19(20)12-11-17(18-10-5-13-22-18)21-16-9-4-7-14-6-2-3-8-15(14)16/h2-10,13,17,20H,11-12H2,1H3/t17-/m0/s1. The third-order valence-electron chi connectivity index (χ3n) is 3.59. The molecule has 0 aliphatic rings. The summed E-state index contributed by atoms with van der Waals surface area (Å²) in [5.74, 6) is 0.886. The second-order valence-corrected chi connectivity index (χ2v) is 6.25. The van der Waals surface area contributed by atoms with Gasteiger partial charge in [0.05, 0.1) is 0 Å². The molecule has 3 rings (SSSR count). The number of hydrogen-bond acceptors (Lipinski definition) is 4. The second kappa shape index (κ2) is 6.92. The summed E-state index contributed by atoms with van der Waals surface area (Å²) in [6.07, 6.45) is 0.678. The molecule has 3 aromatic rings. The molecule has 4 heteroatoms. The number of nitrogens with zero attached hydrogens (tertiary/aromatic N) is 1. The van der Waals surface area contributed by atoms with E-state index in [1.54, 1.807) is 18.4 Å². The minimum absolute atomic E-state index is 0.0552. The number of thiophene rings is 1. The van der Waals surface area contributed by atoms with Crippen molar-refractivity contribution >= 4 is 22.1 Å². The lowest BCUT2D eigenvalue weighted by Gasteiger charge is -2.20. The Hall–Kier alpha value is -1.88. The fraction of sp³-hybridized carbons (Fsp3) is 0.222. The second-order valence-electron chi connectivity index (χ2n) is 5.27. The number of rotatable bonds is 6. The van der Waals surface area contributed by atoms with Crippen LogP contribution in [0.5, 0.6) is 5.75 Å². The molecule has 1 N–H and O–H groups in total. The molecule has 0 aliphatic carbocycles. The molecule has 0 saturated carbocycles. The van der Waals surface area contributed by atoms with Crippen LogP contribution in [0.1, 0.15) is 17.4 Å². The lowest BCUT2D eigenvalue weighted by Crippen LogP contribution is -2.18. The van der Waals surface area contributed by atoms with Gasteiger partial charge in [-0.15, -0.1) is 11.3 Å². The van der Waals surface area contributed by atoms with Gasteiger partial charge in [0.25, 0.3) is 0 Å². The van der Waals surface area contributed by atoms with Gasteiger partial charge in [-0.1, -0.05) is 42.5 Å². The molecular formula is C18H19NO2S. The van der Waals surface area contributed by atoms with Crippen LogP contribution in [0.3, 0.4) is 0 Å². The van der Waals surface area contributed by atoms with Gasteiger partial charge in [-0.05, 0) is 22.9 Å². The first kappa shape index (κ1) is 15.0. The van der Waals surface area contributed by atoms with E-state index in [1.165, 1.54) is 15.3 Å². The van der Waals surface area contributed by atoms with Crippen LogP contribution in [-0.4, -0.2) is 23.9 Å². The van der Waals surface area contributed by atoms with Crippen LogP contribution in [0.15, 0.2) is 60.0 Å². The lowest BCUT2D eigenvalue weighted by molar-refractivity contribution is -0.0709. The Morgan fingerprint density at radius 3 is 2.68 bits per heavy atom. The van der Waals surface area contributed by atoms with Crippen molar-refractivity contribution in [2.24, 2.45) is 0 Å². The van der Waals surface area contributed by atoms with Gasteiger partial charge in [0.15, 0.2) is 0 Å². The Bertz CT molecular complexity index is 720. The van der Waals surface area contributed by atoms with Crippen molar-refractivity contribution in [1.29, 1.82) is 0 Å². The maximum atomic E-state index is 9.42. The van der Waals surface area contributed by atoms with Crippen molar-refractivity contribution < 1.29 is 9.94 Å². The number of hydrogen-bond donors (Lipinski definition) is 1. The van der Waals surface area contributed by atoms with Gasteiger partial charge in [-0.2, -0.15) is 5.06 Å². The normalized spacial score (nSPS) is 12.7. The van der Waals surface area contributed by atoms with E-state index in [-0.39, 0.29) is 6.10 Å². The molecule has 0 fully saturated rings. The van der Waals surface area contributed by atoms with E-state index in [4.69, 9.17) is 4.74 Å². The zero-order valence-electron chi connectivity index (χ0n) is 12.5. The maximum Gasteiger partial charge on any atom is 0.134 e. The van der Waals surface area contributed by atoms with Crippen molar-refractivity contribution in [3.05, 3.63) is 64.9 Å². The van der Waals surface area contributed by atoms with Gasteiger partial charge in [-0.3, -0.25) is 0 Å². The topological polar surface area (TPSA) is 32.7 Å². The van der Waals surface area contributed by atoms with E-state index in [2.05, 4.69) is 29.6 Å². The summed E-state index contributed by atoms with van der Waals surface area (Å²) in [7, 11) is 1.66. The lowest BCUT2D eigenvalue weighted by atomic mass is 10.1. The summed E-state index contributed by atoms with van der Waals surface area (Å²) in [6.45, 7) is 0.563. The zero-order chi connectivity index (χ0) is 15.4. The van der Waals surface area contributed by atoms with Crippen LogP contribution in [0, 0.1) is 0 Å². The molecule has 0 amide bonds. The fourth-order valence-corrected chi connectivity index (χ4v) is 3.28. The van der Waals surface area contributed by atoms with Crippen molar-refractivity contribution in [3.63, 3.8) is 0 Å². The highest BCUT2D eigenvalue weighted by atomic mass is 32.1. The minimum atomic E-state index is -0.0552. The predicted octanol–water partition coefficient (Wildman–Crippen LogP) is 4.73. The van der Waals surface area contributed by atoms with E-state index in [1.807, 2.05) is 30.3 Å². The molecule has 0 bridgehead atoms. The average molecular weight is 313 g/mol. The Labute approximate surface area is 134 Å². The van der Waals surface area contributed by atoms with Gasteiger partial charge in [0.2, 0.25) is 0 Å². The number of fused-ring (bicyclic) bond motifs is 1. The molecule has 0 unspecified atom stereocenters. The number of ether oxygens (including phenoxy) is 1. The highest BCUT2D eigenvalue weighted by Gasteiger charge is 2.16. The van der Waals surface area contributed by atoms with Gasteiger partial charge in [0.1, 0.15) is 11.9 Å². The first-order chi connectivity index (χ1) is 10.7. The highest BCUT2D eigenvalue weighted by molar-refractivity contribution is 7.10. The molecule has 0 radical (unpaired) electrons. The molecule has 1 atom stereocenters. The molecule has 0 aliphatic heterocycles. The van der Waals surface area contributed by atoms with Crippen molar-refractivity contribution in [2.45, 2.75) is 12.5 Å². The van der Waals surface area contributed by atoms with Crippen molar-refractivity contribution in [3.8, 4) is 5.75 Å². The monoisotopic (exact) mass is 313 g/mol. The van der Waals surface area contributed by atoms with Gasteiger partial charge in [0, 0.05) is 30.3 Å². The fourth-order valence-electron chi connectivity index (χ4n) is 2.49. The average Bonchev–Trinajstić information content (AvgIpc) is 3.05. The quantitative estimate of drug-likeness (QED) is 0.668.